The zero-order valence-corrected chi connectivity index (χ0v) is 15.9. The van der Waals surface area contributed by atoms with Crippen molar-refractivity contribution in [3.63, 3.8) is 0 Å². The summed E-state index contributed by atoms with van der Waals surface area (Å²) in [4.78, 5) is 17.2. The first-order valence-electron chi connectivity index (χ1n) is 9.27. The van der Waals surface area contributed by atoms with E-state index >= 15 is 0 Å². The van der Waals surface area contributed by atoms with Crippen LogP contribution in [0, 0.1) is 12.7 Å². The van der Waals surface area contributed by atoms with E-state index in [-0.39, 0.29) is 19.1 Å². The van der Waals surface area contributed by atoms with Gasteiger partial charge in [0.2, 0.25) is 5.91 Å². The zero-order chi connectivity index (χ0) is 20.2. The lowest BCUT2D eigenvalue weighted by Crippen LogP contribution is -2.20. The summed E-state index contributed by atoms with van der Waals surface area (Å²) in [6.45, 7) is 2.29. The van der Waals surface area contributed by atoms with Crippen molar-refractivity contribution in [1.82, 2.24) is 9.55 Å². The highest BCUT2D eigenvalue weighted by Crippen LogP contribution is 2.19. The Morgan fingerprint density at radius 2 is 1.86 bits per heavy atom. The predicted molar refractivity (Wildman–Crippen MR) is 110 cm³/mol. The van der Waals surface area contributed by atoms with Crippen LogP contribution in [0.4, 0.5) is 10.1 Å². The van der Waals surface area contributed by atoms with Crippen LogP contribution < -0.4 is 10.1 Å². The lowest BCUT2D eigenvalue weighted by molar-refractivity contribution is -0.116. The highest BCUT2D eigenvalue weighted by Gasteiger charge is 2.14. The van der Waals surface area contributed by atoms with Crippen molar-refractivity contribution in [3.05, 3.63) is 90.0 Å². The van der Waals surface area contributed by atoms with Crippen molar-refractivity contribution in [1.29, 1.82) is 0 Å². The number of imidazole rings is 1. The lowest BCUT2D eigenvalue weighted by Gasteiger charge is -2.11. The fraction of sp³-hybridized carbons (Fsp3) is 0.130. The van der Waals surface area contributed by atoms with Crippen LogP contribution in [0.15, 0.2) is 72.8 Å². The minimum absolute atomic E-state index is 0.0453. The van der Waals surface area contributed by atoms with Crippen LogP contribution in [0.3, 0.4) is 0 Å². The van der Waals surface area contributed by atoms with Gasteiger partial charge in [-0.1, -0.05) is 35.9 Å². The molecular weight excluding hydrogens is 369 g/mol. The number of hydrogen-bond acceptors (Lipinski definition) is 3. The molecule has 0 aliphatic carbocycles. The number of carbonyl (C=O) groups is 1. The smallest absolute Gasteiger partial charge is 0.244 e. The van der Waals surface area contributed by atoms with Crippen LogP contribution >= 0.6 is 0 Å². The van der Waals surface area contributed by atoms with Gasteiger partial charge in [0.25, 0.3) is 0 Å². The van der Waals surface area contributed by atoms with Gasteiger partial charge in [-0.15, -0.1) is 0 Å². The van der Waals surface area contributed by atoms with E-state index in [0.29, 0.717) is 11.5 Å². The van der Waals surface area contributed by atoms with Gasteiger partial charge in [0.15, 0.2) is 0 Å². The molecule has 0 unspecified atom stereocenters. The molecule has 1 amide bonds. The number of halogens is 1. The molecule has 1 aromatic heterocycles. The number of nitrogens with zero attached hydrogens (tertiary/aromatic N) is 2. The second-order valence-electron chi connectivity index (χ2n) is 6.76. The SMILES string of the molecule is Cc1ccc(OCc2nc3ccccc3n2CC(=O)Nc2cccc(F)c2)cc1. The summed E-state index contributed by atoms with van der Waals surface area (Å²) >= 11 is 0. The summed E-state index contributed by atoms with van der Waals surface area (Å²) in [6, 6.07) is 21.2. The number of hydrogen-bond donors (Lipinski definition) is 1. The van der Waals surface area contributed by atoms with Gasteiger partial charge in [0.1, 0.15) is 30.5 Å². The molecule has 146 valence electrons. The Balaban J connectivity index is 1.56. The largest absolute Gasteiger partial charge is 0.486 e. The third-order valence-electron chi connectivity index (χ3n) is 4.53. The molecule has 29 heavy (non-hydrogen) atoms. The van der Waals surface area contributed by atoms with Crippen LogP contribution in [0.5, 0.6) is 5.75 Å². The maximum absolute atomic E-state index is 13.4. The molecule has 0 aliphatic heterocycles. The van der Waals surface area contributed by atoms with Crippen molar-refractivity contribution in [2.24, 2.45) is 0 Å². The maximum Gasteiger partial charge on any atom is 0.244 e. The van der Waals surface area contributed by atoms with Crippen LogP contribution in [0.25, 0.3) is 11.0 Å². The van der Waals surface area contributed by atoms with Gasteiger partial charge < -0.3 is 14.6 Å². The lowest BCUT2D eigenvalue weighted by atomic mass is 10.2. The van der Waals surface area contributed by atoms with Gasteiger partial charge in [-0.2, -0.15) is 0 Å². The number of fused-ring (bicyclic) bond motifs is 1. The number of amides is 1. The molecule has 0 bridgehead atoms. The standard InChI is InChI=1S/C23H20FN3O2/c1-16-9-11-19(12-10-16)29-15-22-26-20-7-2-3-8-21(20)27(22)14-23(28)25-18-6-4-5-17(24)13-18/h2-13H,14-15H2,1H3,(H,25,28). The van der Waals surface area contributed by atoms with E-state index in [1.54, 1.807) is 12.1 Å². The quantitative estimate of drug-likeness (QED) is 0.520. The number of anilines is 1. The molecule has 0 aliphatic rings. The summed E-state index contributed by atoms with van der Waals surface area (Å²) in [5, 5.41) is 2.72. The number of rotatable bonds is 6. The molecule has 4 aromatic rings. The van der Waals surface area contributed by atoms with Crippen LogP contribution in [-0.2, 0) is 17.9 Å². The number of aromatic nitrogens is 2. The molecule has 3 aromatic carbocycles. The molecule has 0 radical (unpaired) electrons. The Hall–Kier alpha value is -3.67. The fourth-order valence-corrected chi connectivity index (χ4v) is 3.10. The van der Waals surface area contributed by atoms with E-state index in [1.165, 1.54) is 12.1 Å². The summed E-state index contributed by atoms with van der Waals surface area (Å²) in [5.41, 5.74) is 3.19. The second kappa shape index (κ2) is 8.14. The van der Waals surface area contributed by atoms with Gasteiger partial charge in [0, 0.05) is 5.69 Å². The molecule has 0 spiro atoms. The average Bonchev–Trinajstić information content (AvgIpc) is 3.05. The van der Waals surface area contributed by atoms with E-state index in [0.717, 1.165) is 22.3 Å². The maximum atomic E-state index is 13.4. The van der Waals surface area contributed by atoms with Gasteiger partial charge in [0.05, 0.1) is 11.0 Å². The predicted octanol–water partition coefficient (Wildman–Crippen LogP) is 4.70. The monoisotopic (exact) mass is 389 g/mol. The van der Waals surface area contributed by atoms with Crippen molar-refractivity contribution >= 4 is 22.6 Å². The van der Waals surface area contributed by atoms with E-state index in [4.69, 9.17) is 4.74 Å². The third-order valence-corrected chi connectivity index (χ3v) is 4.53. The van der Waals surface area contributed by atoms with Gasteiger partial charge >= 0.3 is 0 Å². The Morgan fingerprint density at radius 3 is 2.66 bits per heavy atom. The summed E-state index contributed by atoms with van der Waals surface area (Å²) in [7, 11) is 0. The molecule has 4 rings (SSSR count). The molecular formula is C23H20FN3O2. The molecule has 1 heterocycles. The van der Waals surface area contributed by atoms with Crippen LogP contribution in [0.1, 0.15) is 11.4 Å². The minimum atomic E-state index is -0.400. The number of ether oxygens (including phenoxy) is 1. The van der Waals surface area contributed by atoms with Crippen LogP contribution in [0.2, 0.25) is 0 Å². The summed E-state index contributed by atoms with van der Waals surface area (Å²) in [5.74, 6) is 0.706. The topological polar surface area (TPSA) is 56.2 Å². The molecule has 1 N–H and O–H groups in total. The Morgan fingerprint density at radius 1 is 1.07 bits per heavy atom. The second-order valence-corrected chi connectivity index (χ2v) is 6.76. The Labute approximate surface area is 167 Å². The Kier molecular flexibility index (Phi) is 5.24. The number of carbonyl (C=O) groups excluding carboxylic acids is 1. The molecule has 0 atom stereocenters. The van der Waals surface area contributed by atoms with Crippen molar-refractivity contribution in [3.8, 4) is 5.75 Å². The van der Waals surface area contributed by atoms with E-state index in [1.807, 2.05) is 60.0 Å². The normalized spacial score (nSPS) is 10.8. The first-order chi connectivity index (χ1) is 14.1. The van der Waals surface area contributed by atoms with Crippen molar-refractivity contribution in [2.75, 3.05) is 5.32 Å². The van der Waals surface area contributed by atoms with E-state index in [2.05, 4.69) is 10.3 Å². The first kappa shape index (κ1) is 18.7. The number of para-hydroxylation sites is 2. The molecule has 6 heteroatoms. The number of nitrogens with one attached hydrogen (secondary N) is 1. The minimum Gasteiger partial charge on any atom is -0.486 e. The molecule has 0 fully saturated rings. The number of benzene rings is 3. The van der Waals surface area contributed by atoms with Crippen LogP contribution in [-0.4, -0.2) is 15.5 Å². The van der Waals surface area contributed by atoms with Gasteiger partial charge in [-0.05, 0) is 49.4 Å². The molecule has 0 saturated heterocycles. The first-order valence-corrected chi connectivity index (χ1v) is 9.27. The number of aryl methyl sites for hydroxylation is 1. The van der Waals surface area contributed by atoms with Gasteiger partial charge in [-0.25, -0.2) is 9.37 Å². The van der Waals surface area contributed by atoms with Crippen molar-refractivity contribution in [2.45, 2.75) is 20.1 Å². The summed E-state index contributed by atoms with van der Waals surface area (Å²) in [6.07, 6.45) is 0. The summed E-state index contributed by atoms with van der Waals surface area (Å²) < 4.78 is 21.1. The third kappa shape index (κ3) is 4.43. The van der Waals surface area contributed by atoms with E-state index < -0.39 is 5.82 Å². The molecule has 0 saturated carbocycles. The van der Waals surface area contributed by atoms with E-state index in [9.17, 15) is 9.18 Å². The highest BCUT2D eigenvalue weighted by molar-refractivity contribution is 5.91. The average molecular weight is 389 g/mol. The zero-order valence-electron chi connectivity index (χ0n) is 15.9. The fourth-order valence-electron chi connectivity index (χ4n) is 3.10. The highest BCUT2D eigenvalue weighted by atomic mass is 19.1. The molecule has 5 nitrogen and oxygen atoms in total. The van der Waals surface area contributed by atoms with Gasteiger partial charge in [-0.3, -0.25) is 4.79 Å². The Bertz CT molecular complexity index is 1150. The van der Waals surface area contributed by atoms with Crippen molar-refractivity contribution < 1.29 is 13.9 Å².